The second-order valence-corrected chi connectivity index (χ2v) is 8.82. The first-order valence-corrected chi connectivity index (χ1v) is 9.73. The minimum Gasteiger partial charge on any atom is -0.490 e. The summed E-state index contributed by atoms with van der Waals surface area (Å²) >= 11 is 0. The van der Waals surface area contributed by atoms with Gasteiger partial charge in [0.15, 0.2) is 0 Å². The number of benzene rings is 2. The summed E-state index contributed by atoms with van der Waals surface area (Å²) in [5, 5.41) is 0. The molecule has 0 aliphatic carbocycles. The Kier molecular flexibility index (Phi) is 4.44. The summed E-state index contributed by atoms with van der Waals surface area (Å²) in [5.41, 5.74) is 1.19. The van der Waals surface area contributed by atoms with Crippen LogP contribution in [-0.4, -0.2) is 28.0 Å². The Morgan fingerprint density at radius 2 is 1.88 bits per heavy atom. The predicted molar refractivity (Wildman–Crippen MR) is 101 cm³/mol. The Morgan fingerprint density at radius 1 is 1.15 bits per heavy atom. The lowest BCUT2D eigenvalue weighted by atomic mass is 9.93. The van der Waals surface area contributed by atoms with Crippen LogP contribution in [0, 0.1) is 12.3 Å². The third-order valence-corrected chi connectivity index (χ3v) is 5.72. The average molecular weight is 374 g/mol. The Morgan fingerprint density at radius 3 is 2.58 bits per heavy atom. The van der Waals surface area contributed by atoms with E-state index < -0.39 is 15.4 Å². The lowest BCUT2D eigenvalue weighted by molar-refractivity contribution is -0.127. The zero-order valence-electron chi connectivity index (χ0n) is 15.2. The van der Waals surface area contributed by atoms with Crippen molar-refractivity contribution in [2.45, 2.75) is 25.7 Å². The van der Waals surface area contributed by atoms with Crippen LogP contribution < -0.4 is 14.4 Å². The molecule has 0 saturated carbocycles. The van der Waals surface area contributed by atoms with Crippen molar-refractivity contribution >= 4 is 27.3 Å². The molecule has 6 nitrogen and oxygen atoms in total. The van der Waals surface area contributed by atoms with Crippen molar-refractivity contribution in [3.63, 3.8) is 0 Å². The maximum Gasteiger partial charge on any atom is 0.261 e. The van der Waals surface area contributed by atoms with Crippen molar-refractivity contribution in [1.29, 1.82) is 0 Å². The van der Waals surface area contributed by atoms with E-state index >= 15 is 0 Å². The van der Waals surface area contributed by atoms with E-state index in [9.17, 15) is 13.2 Å². The van der Waals surface area contributed by atoms with Crippen molar-refractivity contribution in [1.82, 2.24) is 0 Å². The highest BCUT2D eigenvalue weighted by Gasteiger charge is 2.36. The summed E-state index contributed by atoms with van der Waals surface area (Å²) < 4.78 is 33.5. The number of nitrogens with one attached hydrogen (secondary N) is 1. The normalized spacial score (nSPS) is 16.5. The number of rotatable bonds is 3. The number of hydrogen-bond acceptors (Lipinski definition) is 4. The van der Waals surface area contributed by atoms with E-state index in [1.807, 2.05) is 26.8 Å². The second kappa shape index (κ2) is 6.32. The molecule has 0 spiro atoms. The lowest BCUT2D eigenvalue weighted by Crippen LogP contribution is -2.39. The highest BCUT2D eigenvalue weighted by Crippen LogP contribution is 2.37. The number of ether oxygens (including phenoxy) is 1. The van der Waals surface area contributed by atoms with E-state index in [4.69, 9.17) is 4.74 Å². The minimum atomic E-state index is -3.70. The number of anilines is 2. The Hall–Kier alpha value is -2.54. The Bertz CT molecular complexity index is 967. The number of carbonyl (C=O) groups excluding carboxylic acids is 1. The van der Waals surface area contributed by atoms with Crippen molar-refractivity contribution in [2.24, 2.45) is 5.41 Å². The maximum absolute atomic E-state index is 12.6. The number of carbonyl (C=O) groups is 1. The first-order valence-electron chi connectivity index (χ1n) is 8.25. The molecule has 0 atom stereocenters. The van der Waals surface area contributed by atoms with Gasteiger partial charge in [-0.05, 0) is 50.6 Å². The van der Waals surface area contributed by atoms with Gasteiger partial charge >= 0.3 is 0 Å². The molecule has 0 bridgehead atoms. The van der Waals surface area contributed by atoms with Crippen molar-refractivity contribution in [2.75, 3.05) is 23.3 Å². The number of fused-ring (bicyclic) bond motifs is 1. The SMILES string of the molecule is Cc1cccc(S(=O)(=O)Nc2ccc3c(c2)OCC(C)(C)C(=O)N3C)c1. The molecular weight excluding hydrogens is 352 g/mol. The van der Waals surface area contributed by atoms with Crippen LogP contribution in [-0.2, 0) is 14.8 Å². The van der Waals surface area contributed by atoms with Crippen LogP contribution in [0.5, 0.6) is 5.75 Å². The topological polar surface area (TPSA) is 75.7 Å². The van der Waals surface area contributed by atoms with Gasteiger partial charge in [-0.3, -0.25) is 9.52 Å². The third kappa shape index (κ3) is 3.39. The Labute approximate surface area is 153 Å². The summed E-state index contributed by atoms with van der Waals surface area (Å²) in [4.78, 5) is 14.2. The molecule has 1 heterocycles. The molecule has 26 heavy (non-hydrogen) atoms. The molecule has 2 aromatic carbocycles. The summed E-state index contributed by atoms with van der Waals surface area (Å²) in [6.07, 6.45) is 0. The van der Waals surface area contributed by atoms with Gasteiger partial charge in [-0.1, -0.05) is 12.1 Å². The predicted octanol–water partition coefficient (Wildman–Crippen LogP) is 3.18. The van der Waals surface area contributed by atoms with Gasteiger partial charge in [0.1, 0.15) is 12.4 Å². The quantitative estimate of drug-likeness (QED) is 0.895. The Balaban J connectivity index is 1.93. The van der Waals surface area contributed by atoms with Crippen molar-refractivity contribution in [3.05, 3.63) is 48.0 Å². The van der Waals surface area contributed by atoms with Crippen LogP contribution in [0.15, 0.2) is 47.4 Å². The van der Waals surface area contributed by atoms with Crippen LogP contribution in [0.3, 0.4) is 0 Å². The van der Waals surface area contributed by atoms with E-state index in [-0.39, 0.29) is 17.4 Å². The molecule has 1 N–H and O–H groups in total. The number of amides is 1. The minimum absolute atomic E-state index is 0.0515. The fraction of sp³-hybridized carbons (Fsp3) is 0.316. The van der Waals surface area contributed by atoms with E-state index in [1.54, 1.807) is 48.3 Å². The smallest absolute Gasteiger partial charge is 0.261 e. The molecule has 7 heteroatoms. The summed E-state index contributed by atoms with van der Waals surface area (Å²) in [5.74, 6) is 0.417. The molecule has 0 radical (unpaired) electrons. The van der Waals surface area contributed by atoms with Crippen LogP contribution in [0.2, 0.25) is 0 Å². The fourth-order valence-electron chi connectivity index (χ4n) is 2.85. The highest BCUT2D eigenvalue weighted by molar-refractivity contribution is 7.92. The molecule has 1 aliphatic heterocycles. The molecule has 1 aliphatic rings. The molecular formula is C19H22N2O4S. The second-order valence-electron chi connectivity index (χ2n) is 7.14. The van der Waals surface area contributed by atoms with Gasteiger partial charge < -0.3 is 9.64 Å². The largest absolute Gasteiger partial charge is 0.490 e. The molecule has 1 amide bonds. The molecule has 0 aromatic heterocycles. The fourth-order valence-corrected chi connectivity index (χ4v) is 4.00. The van der Waals surface area contributed by atoms with Crippen LogP contribution in [0.1, 0.15) is 19.4 Å². The van der Waals surface area contributed by atoms with E-state index in [0.717, 1.165) is 5.56 Å². The maximum atomic E-state index is 12.6. The summed E-state index contributed by atoms with van der Waals surface area (Å²) in [6, 6.07) is 11.6. The van der Waals surface area contributed by atoms with Gasteiger partial charge in [0.2, 0.25) is 5.91 Å². The van der Waals surface area contributed by atoms with Gasteiger partial charge in [0.25, 0.3) is 10.0 Å². The third-order valence-electron chi connectivity index (χ3n) is 4.35. The zero-order chi connectivity index (χ0) is 19.1. The van der Waals surface area contributed by atoms with Gasteiger partial charge in [0.05, 0.1) is 21.7 Å². The van der Waals surface area contributed by atoms with Crippen molar-refractivity contribution < 1.29 is 17.9 Å². The monoisotopic (exact) mass is 374 g/mol. The van der Waals surface area contributed by atoms with E-state index in [2.05, 4.69) is 4.72 Å². The lowest BCUT2D eigenvalue weighted by Gasteiger charge is -2.24. The molecule has 138 valence electrons. The standard InChI is InChI=1S/C19H22N2O4S/c1-13-6-5-7-15(10-13)26(23,24)20-14-8-9-16-17(11-14)25-12-19(2,3)18(22)21(16)4/h5-11,20H,12H2,1-4H3. The first kappa shape index (κ1) is 18.3. The van der Waals surface area contributed by atoms with Gasteiger partial charge in [-0.15, -0.1) is 0 Å². The van der Waals surface area contributed by atoms with Gasteiger partial charge in [-0.2, -0.15) is 0 Å². The van der Waals surface area contributed by atoms with E-state index in [1.165, 1.54) is 0 Å². The number of sulfonamides is 1. The zero-order valence-corrected chi connectivity index (χ0v) is 16.1. The molecule has 0 fully saturated rings. The summed E-state index contributed by atoms with van der Waals surface area (Å²) in [6.45, 7) is 5.69. The summed E-state index contributed by atoms with van der Waals surface area (Å²) in [7, 11) is -2.02. The number of nitrogens with zero attached hydrogens (tertiary/aromatic N) is 1. The van der Waals surface area contributed by atoms with Crippen LogP contribution in [0.25, 0.3) is 0 Å². The van der Waals surface area contributed by atoms with Crippen molar-refractivity contribution in [3.8, 4) is 5.75 Å². The first-order chi connectivity index (χ1) is 12.1. The number of aryl methyl sites for hydroxylation is 1. The van der Waals surface area contributed by atoms with Crippen LogP contribution in [0.4, 0.5) is 11.4 Å². The number of hydrogen-bond donors (Lipinski definition) is 1. The molecule has 2 aromatic rings. The molecule has 0 unspecified atom stereocenters. The van der Waals surface area contributed by atoms with Gasteiger partial charge in [-0.25, -0.2) is 8.42 Å². The van der Waals surface area contributed by atoms with Gasteiger partial charge in [0, 0.05) is 13.1 Å². The van der Waals surface area contributed by atoms with Crippen LogP contribution >= 0.6 is 0 Å². The molecule has 0 saturated heterocycles. The average Bonchev–Trinajstić information content (AvgIpc) is 2.65. The highest BCUT2D eigenvalue weighted by atomic mass is 32.2. The van der Waals surface area contributed by atoms with E-state index in [0.29, 0.717) is 17.1 Å². The molecule has 3 rings (SSSR count).